The topological polar surface area (TPSA) is 67.1 Å². The Bertz CT molecular complexity index is 799. The zero-order valence-corrected chi connectivity index (χ0v) is 15.8. The van der Waals surface area contributed by atoms with Crippen LogP contribution in [0.25, 0.3) is 0 Å². The van der Waals surface area contributed by atoms with E-state index in [2.05, 4.69) is 25.2 Å². The highest BCUT2D eigenvalue weighted by atomic mass is 35.5. The van der Waals surface area contributed by atoms with Gasteiger partial charge in [-0.15, -0.1) is 24.8 Å². The molecule has 0 saturated carbocycles. The predicted molar refractivity (Wildman–Crippen MR) is 105 cm³/mol. The molecule has 0 spiro atoms. The number of pyridine rings is 1. The van der Waals surface area contributed by atoms with Gasteiger partial charge >= 0.3 is 0 Å². The highest BCUT2D eigenvalue weighted by Gasteiger charge is 2.20. The van der Waals surface area contributed by atoms with Crippen molar-refractivity contribution in [2.24, 2.45) is 0 Å². The van der Waals surface area contributed by atoms with Crippen molar-refractivity contribution in [3.8, 4) is 0 Å². The van der Waals surface area contributed by atoms with Crippen molar-refractivity contribution in [3.63, 3.8) is 0 Å². The van der Waals surface area contributed by atoms with Crippen LogP contribution in [0.2, 0.25) is 0 Å². The maximum atomic E-state index is 5.45. The minimum absolute atomic E-state index is 0. The number of nitrogens with zero attached hydrogens (tertiary/aromatic N) is 4. The lowest BCUT2D eigenvalue weighted by molar-refractivity contribution is 0.225. The third-order valence-corrected chi connectivity index (χ3v) is 4.27. The van der Waals surface area contributed by atoms with Crippen molar-refractivity contribution in [2.45, 2.75) is 26.1 Å². The standard InChI is InChI=1S/C18H19N5O.2ClH/c1-3-16(24-8-1)13-23-7-4-17-14(9-19-10-15(17)12-23)11-22-18-20-5-2-6-21-18;;/h1-3,5-6,8-10H,4,7,11-13H2,(H,20,21,22);2*1H. The average molecular weight is 394 g/mol. The molecule has 0 aromatic carbocycles. The minimum atomic E-state index is 0. The van der Waals surface area contributed by atoms with E-state index in [0.29, 0.717) is 12.5 Å². The van der Waals surface area contributed by atoms with Crippen molar-refractivity contribution in [2.75, 3.05) is 11.9 Å². The van der Waals surface area contributed by atoms with Gasteiger partial charge in [-0.25, -0.2) is 9.97 Å². The number of anilines is 1. The maximum Gasteiger partial charge on any atom is 0.222 e. The number of nitrogens with one attached hydrogen (secondary N) is 1. The van der Waals surface area contributed by atoms with Crippen LogP contribution in [0.1, 0.15) is 22.5 Å². The first-order valence-electron chi connectivity index (χ1n) is 8.09. The summed E-state index contributed by atoms with van der Waals surface area (Å²) in [6.07, 6.45) is 10.1. The van der Waals surface area contributed by atoms with Crippen LogP contribution in [-0.4, -0.2) is 26.4 Å². The molecule has 138 valence electrons. The van der Waals surface area contributed by atoms with E-state index in [9.17, 15) is 0 Å². The van der Waals surface area contributed by atoms with Crippen LogP contribution in [0.5, 0.6) is 0 Å². The van der Waals surface area contributed by atoms with E-state index in [1.165, 1.54) is 16.7 Å². The van der Waals surface area contributed by atoms with E-state index in [1.807, 2.05) is 30.6 Å². The Kier molecular flexibility index (Phi) is 7.38. The number of rotatable bonds is 5. The molecular formula is C18H21Cl2N5O. The van der Waals surface area contributed by atoms with Crippen LogP contribution < -0.4 is 5.32 Å². The average Bonchev–Trinajstić information content (AvgIpc) is 3.13. The molecule has 0 fully saturated rings. The van der Waals surface area contributed by atoms with Gasteiger partial charge < -0.3 is 9.73 Å². The number of hydrogen-bond acceptors (Lipinski definition) is 6. The maximum absolute atomic E-state index is 5.45. The Hall–Kier alpha value is -2.15. The van der Waals surface area contributed by atoms with Crippen molar-refractivity contribution < 1.29 is 4.42 Å². The first-order chi connectivity index (χ1) is 11.9. The van der Waals surface area contributed by atoms with Crippen molar-refractivity contribution in [1.29, 1.82) is 0 Å². The van der Waals surface area contributed by atoms with E-state index in [1.54, 1.807) is 18.7 Å². The smallest absolute Gasteiger partial charge is 0.222 e. The van der Waals surface area contributed by atoms with Gasteiger partial charge in [0.25, 0.3) is 0 Å². The summed E-state index contributed by atoms with van der Waals surface area (Å²) < 4.78 is 5.45. The van der Waals surface area contributed by atoms with Crippen LogP contribution in [0.4, 0.5) is 5.95 Å². The Morgan fingerprint density at radius 3 is 2.73 bits per heavy atom. The van der Waals surface area contributed by atoms with Crippen LogP contribution in [-0.2, 0) is 26.1 Å². The molecule has 0 radical (unpaired) electrons. The second kappa shape index (κ2) is 9.52. The summed E-state index contributed by atoms with van der Waals surface area (Å²) >= 11 is 0. The molecule has 8 heteroatoms. The van der Waals surface area contributed by atoms with Crippen molar-refractivity contribution >= 4 is 30.8 Å². The van der Waals surface area contributed by atoms with E-state index in [4.69, 9.17) is 4.42 Å². The fourth-order valence-electron chi connectivity index (χ4n) is 3.10. The molecule has 26 heavy (non-hydrogen) atoms. The molecule has 0 bridgehead atoms. The van der Waals surface area contributed by atoms with Crippen LogP contribution in [0.15, 0.2) is 53.7 Å². The van der Waals surface area contributed by atoms with Crippen LogP contribution in [0, 0.1) is 0 Å². The van der Waals surface area contributed by atoms with Crippen molar-refractivity contribution in [1.82, 2.24) is 19.9 Å². The summed E-state index contributed by atoms with van der Waals surface area (Å²) in [6.45, 7) is 3.45. The molecule has 1 aliphatic heterocycles. The number of fused-ring (bicyclic) bond motifs is 1. The quantitative estimate of drug-likeness (QED) is 0.715. The molecule has 3 aromatic rings. The van der Waals surface area contributed by atoms with Gasteiger partial charge in [0.15, 0.2) is 0 Å². The molecule has 0 amide bonds. The third-order valence-electron chi connectivity index (χ3n) is 4.27. The lowest BCUT2D eigenvalue weighted by atomic mass is 9.97. The van der Waals surface area contributed by atoms with Gasteiger partial charge in [-0.3, -0.25) is 9.88 Å². The Balaban J connectivity index is 0.00000121. The molecule has 0 aliphatic carbocycles. The number of hydrogen-bond donors (Lipinski definition) is 1. The molecule has 3 aromatic heterocycles. The lowest BCUT2D eigenvalue weighted by Crippen LogP contribution is -2.31. The molecule has 1 aliphatic rings. The molecule has 0 unspecified atom stereocenters. The van der Waals surface area contributed by atoms with E-state index in [-0.39, 0.29) is 24.8 Å². The zero-order chi connectivity index (χ0) is 16.2. The van der Waals surface area contributed by atoms with Gasteiger partial charge in [-0.05, 0) is 41.3 Å². The third kappa shape index (κ3) is 4.72. The lowest BCUT2D eigenvalue weighted by Gasteiger charge is -2.29. The Morgan fingerprint density at radius 1 is 1.12 bits per heavy atom. The summed E-state index contributed by atoms with van der Waals surface area (Å²) in [5.74, 6) is 1.65. The van der Waals surface area contributed by atoms with Gasteiger partial charge in [-0.1, -0.05) is 0 Å². The zero-order valence-electron chi connectivity index (χ0n) is 14.2. The summed E-state index contributed by atoms with van der Waals surface area (Å²) in [6, 6.07) is 5.77. The monoisotopic (exact) mass is 393 g/mol. The second-order valence-electron chi connectivity index (χ2n) is 5.90. The van der Waals surface area contributed by atoms with Gasteiger partial charge in [0, 0.05) is 44.4 Å². The van der Waals surface area contributed by atoms with Gasteiger partial charge in [0.2, 0.25) is 5.95 Å². The summed E-state index contributed by atoms with van der Waals surface area (Å²) in [5, 5.41) is 3.27. The fraction of sp³-hybridized carbons (Fsp3) is 0.278. The second-order valence-corrected chi connectivity index (χ2v) is 5.90. The van der Waals surface area contributed by atoms with E-state index in [0.717, 1.165) is 31.8 Å². The predicted octanol–water partition coefficient (Wildman–Crippen LogP) is 3.48. The van der Waals surface area contributed by atoms with Crippen molar-refractivity contribution in [3.05, 3.63) is 71.7 Å². The summed E-state index contributed by atoms with van der Waals surface area (Å²) in [7, 11) is 0. The van der Waals surface area contributed by atoms with Gasteiger partial charge in [0.1, 0.15) is 5.76 Å². The number of furan rings is 1. The fourth-order valence-corrected chi connectivity index (χ4v) is 3.10. The molecule has 0 atom stereocenters. The summed E-state index contributed by atoms with van der Waals surface area (Å²) in [5.41, 5.74) is 3.91. The minimum Gasteiger partial charge on any atom is -0.468 e. The highest BCUT2D eigenvalue weighted by molar-refractivity contribution is 5.85. The van der Waals surface area contributed by atoms with Gasteiger partial charge in [0.05, 0.1) is 12.8 Å². The van der Waals surface area contributed by atoms with Gasteiger partial charge in [-0.2, -0.15) is 0 Å². The molecular weight excluding hydrogens is 373 g/mol. The SMILES string of the molecule is Cl.Cl.c1cnc(NCc2cncc3c2CCN(Cc2ccco2)C3)nc1. The molecule has 4 heterocycles. The highest BCUT2D eigenvalue weighted by Crippen LogP contribution is 2.23. The number of halogens is 2. The molecule has 6 nitrogen and oxygen atoms in total. The van der Waals surface area contributed by atoms with Crippen LogP contribution >= 0.6 is 24.8 Å². The molecule has 0 saturated heterocycles. The first-order valence-corrected chi connectivity index (χ1v) is 8.09. The van der Waals surface area contributed by atoms with E-state index >= 15 is 0 Å². The molecule has 1 N–H and O–H groups in total. The Morgan fingerprint density at radius 2 is 1.96 bits per heavy atom. The largest absolute Gasteiger partial charge is 0.468 e. The normalized spacial score (nSPS) is 13.2. The first kappa shape index (κ1) is 20.2. The Labute approximate surface area is 164 Å². The molecule has 4 rings (SSSR count). The van der Waals surface area contributed by atoms with Crippen LogP contribution in [0.3, 0.4) is 0 Å². The van der Waals surface area contributed by atoms with E-state index < -0.39 is 0 Å². The number of aromatic nitrogens is 3. The summed E-state index contributed by atoms with van der Waals surface area (Å²) in [4.78, 5) is 15.2.